The highest BCUT2D eigenvalue weighted by Gasteiger charge is 2.07. The Balaban J connectivity index is 2.06. The van der Waals surface area contributed by atoms with E-state index in [4.69, 9.17) is 17.3 Å². The minimum Gasteiger partial charge on any atom is -0.399 e. The van der Waals surface area contributed by atoms with Crippen LogP contribution < -0.4 is 5.73 Å². The standard InChI is InChI=1S/C16H19ClN2/c1-2-19(11-13-6-4-3-5-7-13)12-14-8-9-15(18)10-16(14)17/h3-10H,2,11-12,18H2,1H3. The quantitative estimate of drug-likeness (QED) is 0.837. The van der Waals surface area contributed by atoms with Crippen LogP contribution in [0.1, 0.15) is 18.1 Å². The first-order valence-corrected chi connectivity index (χ1v) is 6.87. The Hall–Kier alpha value is -1.51. The third-order valence-electron chi connectivity index (χ3n) is 3.17. The van der Waals surface area contributed by atoms with Crippen LogP contribution in [-0.4, -0.2) is 11.4 Å². The van der Waals surface area contributed by atoms with Gasteiger partial charge in [-0.3, -0.25) is 4.90 Å². The van der Waals surface area contributed by atoms with Crippen molar-refractivity contribution >= 4 is 17.3 Å². The number of nitrogens with two attached hydrogens (primary N) is 1. The lowest BCUT2D eigenvalue weighted by Gasteiger charge is -2.21. The fraction of sp³-hybridized carbons (Fsp3) is 0.250. The van der Waals surface area contributed by atoms with Gasteiger partial charge >= 0.3 is 0 Å². The molecule has 2 rings (SSSR count). The molecule has 19 heavy (non-hydrogen) atoms. The summed E-state index contributed by atoms with van der Waals surface area (Å²) in [6, 6.07) is 16.2. The molecule has 3 heteroatoms. The first kappa shape index (κ1) is 13.9. The van der Waals surface area contributed by atoms with E-state index in [0.29, 0.717) is 5.69 Å². The van der Waals surface area contributed by atoms with Crippen LogP contribution in [0.4, 0.5) is 5.69 Å². The lowest BCUT2D eigenvalue weighted by atomic mass is 10.1. The van der Waals surface area contributed by atoms with Crippen molar-refractivity contribution in [2.75, 3.05) is 12.3 Å². The molecule has 0 spiro atoms. The first-order chi connectivity index (χ1) is 9.19. The monoisotopic (exact) mass is 274 g/mol. The summed E-state index contributed by atoms with van der Waals surface area (Å²) in [6.07, 6.45) is 0. The Kier molecular flexibility index (Phi) is 4.83. The van der Waals surface area contributed by atoms with Crippen LogP contribution in [-0.2, 0) is 13.1 Å². The van der Waals surface area contributed by atoms with Crippen LogP contribution >= 0.6 is 11.6 Å². The molecule has 0 aromatic heterocycles. The van der Waals surface area contributed by atoms with E-state index in [9.17, 15) is 0 Å². The van der Waals surface area contributed by atoms with E-state index in [1.165, 1.54) is 5.56 Å². The van der Waals surface area contributed by atoms with Crippen LogP contribution in [0.15, 0.2) is 48.5 Å². The SMILES string of the molecule is CCN(Cc1ccccc1)Cc1ccc(N)cc1Cl. The summed E-state index contributed by atoms with van der Waals surface area (Å²) in [6.45, 7) is 4.91. The van der Waals surface area contributed by atoms with Gasteiger partial charge in [0.15, 0.2) is 0 Å². The van der Waals surface area contributed by atoms with E-state index in [1.807, 2.05) is 24.3 Å². The summed E-state index contributed by atoms with van der Waals surface area (Å²) >= 11 is 6.23. The van der Waals surface area contributed by atoms with Crippen LogP contribution in [0, 0.1) is 0 Å². The Morgan fingerprint density at radius 2 is 1.79 bits per heavy atom. The molecule has 2 nitrogen and oxygen atoms in total. The van der Waals surface area contributed by atoms with Crippen molar-refractivity contribution in [2.24, 2.45) is 0 Å². The molecule has 0 atom stereocenters. The number of hydrogen-bond acceptors (Lipinski definition) is 2. The van der Waals surface area contributed by atoms with E-state index in [2.05, 4.69) is 36.1 Å². The number of rotatable bonds is 5. The molecule has 100 valence electrons. The maximum atomic E-state index is 6.23. The molecule has 0 unspecified atom stereocenters. The molecule has 0 heterocycles. The summed E-state index contributed by atoms with van der Waals surface area (Å²) in [5, 5.41) is 0.742. The van der Waals surface area contributed by atoms with Crippen molar-refractivity contribution < 1.29 is 0 Å². The average molecular weight is 275 g/mol. The summed E-state index contributed by atoms with van der Waals surface area (Å²) in [4.78, 5) is 2.35. The van der Waals surface area contributed by atoms with Crippen LogP contribution in [0.25, 0.3) is 0 Å². The van der Waals surface area contributed by atoms with Gasteiger partial charge in [-0.25, -0.2) is 0 Å². The third-order valence-corrected chi connectivity index (χ3v) is 3.52. The van der Waals surface area contributed by atoms with Crippen molar-refractivity contribution in [1.29, 1.82) is 0 Å². The van der Waals surface area contributed by atoms with Gasteiger partial charge in [-0.05, 0) is 29.8 Å². The van der Waals surface area contributed by atoms with Gasteiger partial charge in [0, 0.05) is 23.8 Å². The molecule has 2 aromatic carbocycles. The predicted octanol–water partition coefficient (Wildman–Crippen LogP) is 3.94. The van der Waals surface area contributed by atoms with E-state index in [0.717, 1.165) is 30.2 Å². The lowest BCUT2D eigenvalue weighted by Crippen LogP contribution is -2.22. The molecule has 0 fully saturated rings. The van der Waals surface area contributed by atoms with Gasteiger partial charge in [-0.1, -0.05) is 54.9 Å². The van der Waals surface area contributed by atoms with E-state index in [1.54, 1.807) is 0 Å². The van der Waals surface area contributed by atoms with Gasteiger partial charge in [-0.15, -0.1) is 0 Å². The van der Waals surface area contributed by atoms with Gasteiger partial charge in [0.2, 0.25) is 0 Å². The first-order valence-electron chi connectivity index (χ1n) is 6.49. The van der Waals surface area contributed by atoms with Gasteiger partial charge in [-0.2, -0.15) is 0 Å². The maximum absolute atomic E-state index is 6.23. The summed E-state index contributed by atoms with van der Waals surface area (Å²) in [5.74, 6) is 0. The Bertz CT molecular complexity index is 526. The smallest absolute Gasteiger partial charge is 0.0471 e. The molecule has 0 aliphatic carbocycles. The molecular formula is C16H19ClN2. The molecule has 0 aliphatic rings. The number of benzene rings is 2. The third kappa shape index (κ3) is 3.98. The average Bonchev–Trinajstić information content (AvgIpc) is 2.42. The maximum Gasteiger partial charge on any atom is 0.0471 e. The van der Waals surface area contributed by atoms with Crippen molar-refractivity contribution in [3.63, 3.8) is 0 Å². The van der Waals surface area contributed by atoms with E-state index >= 15 is 0 Å². The fourth-order valence-corrected chi connectivity index (χ4v) is 2.30. The summed E-state index contributed by atoms with van der Waals surface area (Å²) in [5.41, 5.74) is 8.86. The minimum absolute atomic E-state index is 0.708. The number of nitrogens with zero attached hydrogens (tertiary/aromatic N) is 1. The van der Waals surface area contributed by atoms with E-state index < -0.39 is 0 Å². The van der Waals surface area contributed by atoms with Crippen molar-refractivity contribution in [1.82, 2.24) is 4.90 Å². The molecular weight excluding hydrogens is 256 g/mol. The van der Waals surface area contributed by atoms with Crippen molar-refractivity contribution in [2.45, 2.75) is 20.0 Å². The number of halogens is 1. The van der Waals surface area contributed by atoms with E-state index in [-0.39, 0.29) is 0 Å². The molecule has 0 bridgehead atoms. The van der Waals surface area contributed by atoms with Gasteiger partial charge in [0.05, 0.1) is 0 Å². The number of anilines is 1. The van der Waals surface area contributed by atoms with Gasteiger partial charge < -0.3 is 5.73 Å². The zero-order chi connectivity index (χ0) is 13.7. The molecule has 0 saturated heterocycles. The zero-order valence-corrected chi connectivity index (χ0v) is 11.9. The highest BCUT2D eigenvalue weighted by atomic mass is 35.5. The number of nitrogen functional groups attached to an aromatic ring is 1. The number of hydrogen-bond donors (Lipinski definition) is 1. The second kappa shape index (κ2) is 6.60. The van der Waals surface area contributed by atoms with Gasteiger partial charge in [0.1, 0.15) is 0 Å². The molecule has 0 amide bonds. The van der Waals surface area contributed by atoms with Crippen LogP contribution in [0.5, 0.6) is 0 Å². The second-order valence-corrected chi connectivity index (χ2v) is 5.05. The summed E-state index contributed by atoms with van der Waals surface area (Å²) in [7, 11) is 0. The largest absolute Gasteiger partial charge is 0.399 e. The highest BCUT2D eigenvalue weighted by Crippen LogP contribution is 2.21. The summed E-state index contributed by atoms with van der Waals surface area (Å²) < 4.78 is 0. The highest BCUT2D eigenvalue weighted by molar-refractivity contribution is 6.31. The topological polar surface area (TPSA) is 29.3 Å². The Morgan fingerprint density at radius 3 is 2.42 bits per heavy atom. The molecule has 0 radical (unpaired) electrons. The molecule has 0 aliphatic heterocycles. The predicted molar refractivity (Wildman–Crippen MR) is 82.1 cm³/mol. The normalized spacial score (nSPS) is 10.9. The lowest BCUT2D eigenvalue weighted by molar-refractivity contribution is 0.271. The fourth-order valence-electron chi connectivity index (χ4n) is 2.05. The van der Waals surface area contributed by atoms with Crippen molar-refractivity contribution in [3.05, 3.63) is 64.7 Å². The Morgan fingerprint density at radius 1 is 1.05 bits per heavy atom. The molecule has 2 N–H and O–H groups in total. The molecule has 2 aromatic rings. The second-order valence-electron chi connectivity index (χ2n) is 4.64. The zero-order valence-electron chi connectivity index (χ0n) is 11.1. The van der Waals surface area contributed by atoms with Crippen LogP contribution in [0.3, 0.4) is 0 Å². The van der Waals surface area contributed by atoms with Crippen molar-refractivity contribution in [3.8, 4) is 0 Å². The van der Waals surface area contributed by atoms with Gasteiger partial charge in [0.25, 0.3) is 0 Å². The minimum atomic E-state index is 0.708. The molecule has 0 saturated carbocycles. The Labute approximate surface area is 119 Å². The van der Waals surface area contributed by atoms with Crippen LogP contribution in [0.2, 0.25) is 5.02 Å².